The first kappa shape index (κ1) is 14.2. The van der Waals surface area contributed by atoms with Crippen LogP contribution in [0.3, 0.4) is 0 Å². The zero-order valence-corrected chi connectivity index (χ0v) is 12.3. The van der Waals surface area contributed by atoms with E-state index in [0.717, 1.165) is 19.3 Å². The van der Waals surface area contributed by atoms with Gasteiger partial charge in [0.25, 0.3) is 0 Å². The molecule has 7 nitrogen and oxygen atoms in total. The minimum Gasteiger partial charge on any atom is -0.463 e. The van der Waals surface area contributed by atoms with E-state index < -0.39 is 0 Å². The van der Waals surface area contributed by atoms with E-state index in [0.29, 0.717) is 16.3 Å². The number of carbonyl (C=O) groups is 1. The predicted molar refractivity (Wildman–Crippen MR) is 74.7 cm³/mol. The van der Waals surface area contributed by atoms with E-state index in [1.54, 1.807) is 6.33 Å². The second kappa shape index (κ2) is 5.95. The van der Waals surface area contributed by atoms with Gasteiger partial charge < -0.3 is 9.47 Å². The van der Waals surface area contributed by atoms with Gasteiger partial charge in [-0.1, -0.05) is 11.6 Å². The fraction of sp³-hybridized carbons (Fsp3) is 0.538. The lowest BCUT2D eigenvalue weighted by Crippen LogP contribution is -2.30. The summed E-state index contributed by atoms with van der Waals surface area (Å²) >= 11 is 6.00. The molecule has 0 saturated carbocycles. The van der Waals surface area contributed by atoms with Gasteiger partial charge in [-0.05, 0) is 19.3 Å². The van der Waals surface area contributed by atoms with Crippen LogP contribution < -0.4 is 0 Å². The average Bonchev–Trinajstić information content (AvgIpc) is 2.91. The highest BCUT2D eigenvalue weighted by molar-refractivity contribution is 6.33. The average molecular weight is 311 g/mol. The summed E-state index contributed by atoms with van der Waals surface area (Å²) in [5, 5.41) is 0.325. The molecule has 21 heavy (non-hydrogen) atoms. The SMILES string of the molecule is CC(=O)OCC1CCCC(n2cnc3c(Cl)ncnc32)O1. The number of fused-ring (bicyclic) bond motifs is 1. The van der Waals surface area contributed by atoms with Gasteiger partial charge >= 0.3 is 5.97 Å². The maximum absolute atomic E-state index is 10.9. The molecule has 0 aliphatic carbocycles. The second-order valence-electron chi connectivity index (χ2n) is 4.93. The van der Waals surface area contributed by atoms with Gasteiger partial charge in [0.15, 0.2) is 10.8 Å². The van der Waals surface area contributed by atoms with Crippen molar-refractivity contribution in [2.45, 2.75) is 38.5 Å². The summed E-state index contributed by atoms with van der Waals surface area (Å²) in [6.45, 7) is 1.66. The van der Waals surface area contributed by atoms with E-state index in [-0.39, 0.29) is 24.9 Å². The number of aromatic nitrogens is 4. The van der Waals surface area contributed by atoms with Crippen LogP contribution in [0.25, 0.3) is 11.2 Å². The van der Waals surface area contributed by atoms with Crippen molar-refractivity contribution in [2.24, 2.45) is 0 Å². The van der Waals surface area contributed by atoms with Gasteiger partial charge in [0.05, 0.1) is 12.4 Å². The largest absolute Gasteiger partial charge is 0.463 e. The van der Waals surface area contributed by atoms with Crippen LogP contribution in [0, 0.1) is 0 Å². The van der Waals surface area contributed by atoms with Gasteiger partial charge in [0.2, 0.25) is 0 Å². The maximum atomic E-state index is 10.9. The molecule has 2 unspecified atom stereocenters. The van der Waals surface area contributed by atoms with Crippen LogP contribution in [0.1, 0.15) is 32.4 Å². The molecular weight excluding hydrogens is 296 g/mol. The lowest BCUT2D eigenvalue weighted by atomic mass is 10.1. The van der Waals surface area contributed by atoms with E-state index in [9.17, 15) is 4.79 Å². The molecule has 0 bridgehead atoms. The summed E-state index contributed by atoms with van der Waals surface area (Å²) in [6, 6.07) is 0. The predicted octanol–water partition coefficient (Wildman–Crippen LogP) is 2.11. The third-order valence-electron chi connectivity index (χ3n) is 3.42. The summed E-state index contributed by atoms with van der Waals surface area (Å²) in [5.41, 5.74) is 1.21. The molecule has 8 heteroatoms. The van der Waals surface area contributed by atoms with Crippen LogP contribution >= 0.6 is 11.6 Å². The molecule has 2 atom stereocenters. The number of hydrogen-bond donors (Lipinski definition) is 0. The molecule has 1 fully saturated rings. The molecule has 1 aliphatic heterocycles. The van der Waals surface area contributed by atoms with E-state index >= 15 is 0 Å². The Morgan fingerprint density at radius 3 is 3.14 bits per heavy atom. The number of rotatable bonds is 3. The zero-order chi connectivity index (χ0) is 14.8. The summed E-state index contributed by atoms with van der Waals surface area (Å²) in [4.78, 5) is 23.2. The monoisotopic (exact) mass is 310 g/mol. The Bertz CT molecular complexity index is 660. The summed E-state index contributed by atoms with van der Waals surface area (Å²) in [7, 11) is 0. The fourth-order valence-electron chi connectivity index (χ4n) is 2.45. The minimum atomic E-state index is -0.298. The number of esters is 1. The standard InChI is InChI=1S/C13H15ClN4O3/c1-8(19)20-5-9-3-2-4-10(21-9)18-7-17-11-12(14)15-6-16-13(11)18/h6-7,9-10H,2-5H2,1H3. The van der Waals surface area contributed by atoms with Crippen LogP contribution in [-0.2, 0) is 14.3 Å². The van der Waals surface area contributed by atoms with Crippen molar-refractivity contribution in [3.8, 4) is 0 Å². The first-order valence-corrected chi connectivity index (χ1v) is 7.15. The second-order valence-corrected chi connectivity index (χ2v) is 5.29. The highest BCUT2D eigenvalue weighted by Crippen LogP contribution is 2.30. The van der Waals surface area contributed by atoms with Crippen LogP contribution in [0.15, 0.2) is 12.7 Å². The smallest absolute Gasteiger partial charge is 0.302 e. The minimum absolute atomic E-state index is 0.109. The van der Waals surface area contributed by atoms with Crippen molar-refractivity contribution >= 4 is 28.7 Å². The molecule has 1 aliphatic rings. The number of carbonyl (C=O) groups excluding carboxylic acids is 1. The van der Waals surface area contributed by atoms with Crippen LogP contribution in [-0.4, -0.2) is 38.2 Å². The van der Waals surface area contributed by atoms with Crippen LogP contribution in [0.2, 0.25) is 5.15 Å². The topological polar surface area (TPSA) is 79.1 Å². The number of imidazole rings is 1. The van der Waals surface area contributed by atoms with Crippen molar-refractivity contribution in [1.82, 2.24) is 19.5 Å². The quantitative estimate of drug-likeness (QED) is 0.638. The molecule has 0 spiro atoms. The first-order valence-electron chi connectivity index (χ1n) is 6.77. The van der Waals surface area contributed by atoms with Crippen LogP contribution in [0.5, 0.6) is 0 Å². The van der Waals surface area contributed by atoms with E-state index in [4.69, 9.17) is 21.1 Å². The van der Waals surface area contributed by atoms with E-state index in [1.807, 2.05) is 4.57 Å². The number of hydrogen-bond acceptors (Lipinski definition) is 6. The molecule has 0 amide bonds. The Morgan fingerprint density at radius 2 is 2.33 bits per heavy atom. The Balaban J connectivity index is 1.79. The highest BCUT2D eigenvalue weighted by Gasteiger charge is 2.26. The number of ether oxygens (including phenoxy) is 2. The summed E-state index contributed by atoms with van der Waals surface area (Å²) in [6.07, 6.45) is 5.47. The van der Waals surface area contributed by atoms with Crippen molar-refractivity contribution in [3.63, 3.8) is 0 Å². The first-order chi connectivity index (χ1) is 10.1. The van der Waals surface area contributed by atoms with E-state index in [2.05, 4.69) is 15.0 Å². The Morgan fingerprint density at radius 1 is 1.48 bits per heavy atom. The van der Waals surface area contributed by atoms with Crippen molar-refractivity contribution in [3.05, 3.63) is 17.8 Å². The molecule has 112 valence electrons. The lowest BCUT2D eigenvalue weighted by Gasteiger charge is -2.30. The Labute approximate surface area is 126 Å². The van der Waals surface area contributed by atoms with Gasteiger partial charge in [0.1, 0.15) is 24.7 Å². The fourth-order valence-corrected chi connectivity index (χ4v) is 2.63. The third kappa shape index (κ3) is 2.98. The molecule has 2 aromatic heterocycles. The zero-order valence-electron chi connectivity index (χ0n) is 11.5. The molecule has 1 saturated heterocycles. The van der Waals surface area contributed by atoms with Gasteiger partial charge in [-0.3, -0.25) is 9.36 Å². The van der Waals surface area contributed by atoms with E-state index in [1.165, 1.54) is 13.3 Å². The number of nitrogens with zero attached hydrogens (tertiary/aromatic N) is 4. The molecular formula is C13H15ClN4O3. The van der Waals surface area contributed by atoms with Crippen molar-refractivity contribution < 1.29 is 14.3 Å². The molecule has 0 radical (unpaired) electrons. The van der Waals surface area contributed by atoms with Gasteiger partial charge in [-0.25, -0.2) is 15.0 Å². The highest BCUT2D eigenvalue weighted by atomic mass is 35.5. The molecule has 0 N–H and O–H groups in total. The summed E-state index contributed by atoms with van der Waals surface area (Å²) < 4.78 is 12.8. The number of halogens is 1. The van der Waals surface area contributed by atoms with Crippen molar-refractivity contribution in [1.29, 1.82) is 0 Å². The lowest BCUT2D eigenvalue weighted by molar-refractivity contribution is -0.153. The Kier molecular flexibility index (Phi) is 4.03. The summed E-state index contributed by atoms with van der Waals surface area (Å²) in [5.74, 6) is -0.298. The molecule has 0 aromatic carbocycles. The van der Waals surface area contributed by atoms with Gasteiger partial charge in [-0.15, -0.1) is 0 Å². The van der Waals surface area contributed by atoms with Gasteiger partial charge in [0, 0.05) is 6.92 Å². The van der Waals surface area contributed by atoms with Crippen molar-refractivity contribution in [2.75, 3.05) is 6.61 Å². The van der Waals surface area contributed by atoms with Crippen LogP contribution in [0.4, 0.5) is 0 Å². The van der Waals surface area contributed by atoms with Gasteiger partial charge in [-0.2, -0.15) is 0 Å². The maximum Gasteiger partial charge on any atom is 0.302 e. The molecule has 3 heterocycles. The third-order valence-corrected chi connectivity index (χ3v) is 3.70. The molecule has 3 rings (SSSR count). The molecule has 2 aromatic rings. The normalized spacial score (nSPS) is 22.4. The Hall–Kier alpha value is -1.73.